The number of nitrogens with one attached hydrogen (secondary N) is 1. The molecule has 0 radical (unpaired) electrons. The van der Waals surface area contributed by atoms with Crippen LogP contribution in [0.5, 0.6) is 0 Å². The second-order valence-corrected chi connectivity index (χ2v) is 4.72. The number of aromatic nitrogens is 1. The molecule has 1 saturated heterocycles. The summed E-state index contributed by atoms with van der Waals surface area (Å²) in [5.41, 5.74) is 2.32. The second kappa shape index (κ2) is 6.10. The third-order valence-corrected chi connectivity index (χ3v) is 3.05. The Morgan fingerprint density at radius 3 is 2.94 bits per heavy atom. The largest absolute Gasteiger partial charge is 0.316 e. The lowest BCUT2D eigenvalue weighted by Crippen LogP contribution is -2.28. The van der Waals surface area contributed by atoms with Crippen molar-refractivity contribution >= 4 is 0 Å². The van der Waals surface area contributed by atoms with Gasteiger partial charge in [-0.15, -0.1) is 0 Å². The number of hydrogen-bond acceptors (Lipinski definition) is 4. The molecule has 0 bridgehead atoms. The van der Waals surface area contributed by atoms with Crippen LogP contribution < -0.4 is 5.32 Å². The molecule has 94 valence electrons. The van der Waals surface area contributed by atoms with Gasteiger partial charge in [0, 0.05) is 38.4 Å². The maximum absolute atomic E-state index is 5.39. The topological polar surface area (TPSA) is 37.4 Å². The van der Waals surface area contributed by atoms with E-state index in [9.17, 15) is 0 Å². The van der Waals surface area contributed by atoms with Crippen LogP contribution in [0.3, 0.4) is 0 Å². The second-order valence-electron chi connectivity index (χ2n) is 4.72. The molecule has 17 heavy (non-hydrogen) atoms. The van der Waals surface area contributed by atoms with Crippen LogP contribution in [0.15, 0.2) is 18.3 Å². The van der Waals surface area contributed by atoms with Crippen molar-refractivity contribution in [3.8, 4) is 0 Å². The SMILES string of the molecule is CN(C)OCc1ccc(C2CCCNC2)nc1. The Kier molecular flexibility index (Phi) is 4.48. The molecule has 1 aliphatic rings. The minimum Gasteiger partial charge on any atom is -0.316 e. The average Bonchev–Trinajstić information content (AvgIpc) is 2.38. The molecule has 2 rings (SSSR count). The molecular formula is C13H21N3O. The minimum atomic E-state index is 0.576. The van der Waals surface area contributed by atoms with Gasteiger partial charge in [-0.3, -0.25) is 9.82 Å². The standard InChI is InChI=1S/C13H21N3O/c1-16(2)17-10-11-5-6-13(15-8-11)12-4-3-7-14-9-12/h5-6,8,12,14H,3-4,7,9-10H2,1-2H3. The molecule has 0 spiro atoms. The molecule has 1 aromatic rings. The maximum Gasteiger partial charge on any atom is 0.0950 e. The van der Waals surface area contributed by atoms with E-state index in [-0.39, 0.29) is 0 Å². The Morgan fingerprint density at radius 2 is 2.35 bits per heavy atom. The van der Waals surface area contributed by atoms with Crippen LogP contribution >= 0.6 is 0 Å². The van der Waals surface area contributed by atoms with E-state index in [2.05, 4.69) is 22.4 Å². The monoisotopic (exact) mass is 235 g/mol. The Labute approximate surface area is 103 Å². The lowest BCUT2D eigenvalue weighted by atomic mass is 9.95. The molecule has 2 heterocycles. The first-order valence-corrected chi connectivity index (χ1v) is 6.21. The number of hydroxylamine groups is 2. The summed E-state index contributed by atoms with van der Waals surface area (Å²) in [4.78, 5) is 9.94. The molecule has 1 atom stereocenters. The van der Waals surface area contributed by atoms with Crippen molar-refractivity contribution in [1.29, 1.82) is 0 Å². The van der Waals surface area contributed by atoms with E-state index in [0.29, 0.717) is 12.5 Å². The lowest BCUT2D eigenvalue weighted by molar-refractivity contribution is -0.130. The highest BCUT2D eigenvalue weighted by Crippen LogP contribution is 2.21. The first-order valence-electron chi connectivity index (χ1n) is 6.21. The fraction of sp³-hybridized carbons (Fsp3) is 0.615. The molecule has 1 aliphatic heterocycles. The average molecular weight is 235 g/mol. The summed E-state index contributed by atoms with van der Waals surface area (Å²) in [7, 11) is 3.77. The van der Waals surface area contributed by atoms with Gasteiger partial charge in [0.25, 0.3) is 0 Å². The van der Waals surface area contributed by atoms with Crippen molar-refractivity contribution in [2.45, 2.75) is 25.4 Å². The molecule has 0 aromatic carbocycles. The molecule has 1 unspecified atom stereocenters. The number of nitrogens with zero attached hydrogens (tertiary/aromatic N) is 2. The zero-order valence-electron chi connectivity index (χ0n) is 10.6. The van der Waals surface area contributed by atoms with Gasteiger partial charge >= 0.3 is 0 Å². The molecule has 0 amide bonds. The number of piperidine rings is 1. The summed E-state index contributed by atoms with van der Waals surface area (Å²) >= 11 is 0. The molecule has 1 fully saturated rings. The van der Waals surface area contributed by atoms with Crippen molar-refractivity contribution in [2.75, 3.05) is 27.2 Å². The van der Waals surface area contributed by atoms with Gasteiger partial charge in [-0.25, -0.2) is 0 Å². The van der Waals surface area contributed by atoms with Gasteiger partial charge < -0.3 is 5.32 Å². The summed E-state index contributed by atoms with van der Waals surface area (Å²) in [5.74, 6) is 0.576. The number of hydrogen-bond donors (Lipinski definition) is 1. The van der Waals surface area contributed by atoms with Gasteiger partial charge in [-0.2, -0.15) is 5.06 Å². The van der Waals surface area contributed by atoms with Crippen molar-refractivity contribution in [2.24, 2.45) is 0 Å². The van der Waals surface area contributed by atoms with Crippen LogP contribution in [0.25, 0.3) is 0 Å². The zero-order chi connectivity index (χ0) is 12.1. The highest BCUT2D eigenvalue weighted by atomic mass is 16.7. The highest BCUT2D eigenvalue weighted by molar-refractivity contribution is 5.17. The van der Waals surface area contributed by atoms with Gasteiger partial charge in [0.15, 0.2) is 0 Å². The van der Waals surface area contributed by atoms with E-state index < -0.39 is 0 Å². The summed E-state index contributed by atoms with van der Waals surface area (Å²) in [6.45, 7) is 2.79. The predicted octanol–water partition coefficient (Wildman–Crippen LogP) is 1.54. The first kappa shape index (κ1) is 12.5. The van der Waals surface area contributed by atoms with Crippen LogP contribution in [-0.4, -0.2) is 37.2 Å². The molecule has 1 N–H and O–H groups in total. The zero-order valence-corrected chi connectivity index (χ0v) is 10.6. The van der Waals surface area contributed by atoms with E-state index in [4.69, 9.17) is 4.84 Å². The van der Waals surface area contributed by atoms with Gasteiger partial charge in [0.05, 0.1) is 6.61 Å². The number of pyridine rings is 1. The number of rotatable bonds is 4. The Hall–Kier alpha value is -0.970. The van der Waals surface area contributed by atoms with Crippen LogP contribution in [-0.2, 0) is 11.4 Å². The normalized spacial score (nSPS) is 20.8. The van der Waals surface area contributed by atoms with Crippen molar-refractivity contribution < 1.29 is 4.84 Å². The summed E-state index contributed by atoms with van der Waals surface area (Å²) in [6.07, 6.45) is 4.42. The van der Waals surface area contributed by atoms with Crippen LogP contribution in [0.1, 0.15) is 30.0 Å². The first-order chi connectivity index (χ1) is 8.25. The molecule has 4 heteroatoms. The quantitative estimate of drug-likeness (QED) is 0.803. The van der Waals surface area contributed by atoms with Crippen molar-refractivity contribution in [1.82, 2.24) is 15.4 Å². The molecular weight excluding hydrogens is 214 g/mol. The molecule has 0 saturated carbocycles. The van der Waals surface area contributed by atoms with Crippen LogP contribution in [0.2, 0.25) is 0 Å². The van der Waals surface area contributed by atoms with Gasteiger partial charge in [-0.05, 0) is 31.0 Å². The Morgan fingerprint density at radius 1 is 1.47 bits per heavy atom. The van der Waals surface area contributed by atoms with E-state index >= 15 is 0 Å². The van der Waals surface area contributed by atoms with E-state index in [0.717, 1.165) is 18.7 Å². The summed E-state index contributed by atoms with van der Waals surface area (Å²) < 4.78 is 0. The fourth-order valence-electron chi connectivity index (χ4n) is 2.07. The van der Waals surface area contributed by atoms with Crippen LogP contribution in [0.4, 0.5) is 0 Å². The minimum absolute atomic E-state index is 0.576. The van der Waals surface area contributed by atoms with Gasteiger partial charge in [-0.1, -0.05) is 6.07 Å². The van der Waals surface area contributed by atoms with E-state index in [1.54, 1.807) is 5.06 Å². The Balaban J connectivity index is 1.92. The molecule has 1 aromatic heterocycles. The van der Waals surface area contributed by atoms with Gasteiger partial charge in [0.2, 0.25) is 0 Å². The van der Waals surface area contributed by atoms with E-state index in [1.807, 2.05) is 20.3 Å². The van der Waals surface area contributed by atoms with E-state index in [1.165, 1.54) is 18.5 Å². The lowest BCUT2D eigenvalue weighted by Gasteiger charge is -2.22. The molecule has 4 nitrogen and oxygen atoms in total. The predicted molar refractivity (Wildman–Crippen MR) is 67.6 cm³/mol. The molecule has 0 aliphatic carbocycles. The summed E-state index contributed by atoms with van der Waals surface area (Å²) in [6, 6.07) is 4.24. The van der Waals surface area contributed by atoms with Crippen molar-refractivity contribution in [3.05, 3.63) is 29.6 Å². The van der Waals surface area contributed by atoms with Crippen LogP contribution in [0, 0.1) is 0 Å². The fourth-order valence-corrected chi connectivity index (χ4v) is 2.07. The Bertz CT molecular complexity index is 331. The smallest absolute Gasteiger partial charge is 0.0950 e. The van der Waals surface area contributed by atoms with Crippen molar-refractivity contribution in [3.63, 3.8) is 0 Å². The third-order valence-electron chi connectivity index (χ3n) is 3.05. The van der Waals surface area contributed by atoms with Gasteiger partial charge in [0.1, 0.15) is 0 Å². The highest BCUT2D eigenvalue weighted by Gasteiger charge is 2.15. The maximum atomic E-state index is 5.39. The summed E-state index contributed by atoms with van der Waals surface area (Å²) in [5, 5.41) is 5.12. The third kappa shape index (κ3) is 3.77.